The SMILES string of the molecule is CC(O)C(N)C(=O)NC(Cc1ccc(O)cc1)C(=O)N1CCCC1C(=O)NC(Cc1c[nH]c2ccccc12)C(=O)O. The van der Waals surface area contributed by atoms with E-state index in [1.165, 1.54) is 24.0 Å². The van der Waals surface area contributed by atoms with Crippen LogP contribution in [0.5, 0.6) is 5.75 Å². The topological polar surface area (TPSA) is 198 Å². The Kier molecular flexibility index (Phi) is 9.25. The fourth-order valence-corrected chi connectivity index (χ4v) is 5.05. The molecule has 1 aliphatic heterocycles. The summed E-state index contributed by atoms with van der Waals surface area (Å²) in [6.07, 6.45) is 1.48. The normalized spacial score (nSPS) is 17.9. The molecule has 0 radical (unpaired) electrons. The summed E-state index contributed by atoms with van der Waals surface area (Å²) in [5.74, 6) is -3.04. The average molecular weight is 566 g/mol. The highest BCUT2D eigenvalue weighted by atomic mass is 16.4. The quantitative estimate of drug-likeness (QED) is 0.173. The number of amides is 3. The van der Waals surface area contributed by atoms with Gasteiger partial charge in [0.15, 0.2) is 0 Å². The molecule has 3 amide bonds. The summed E-state index contributed by atoms with van der Waals surface area (Å²) in [5, 5.41) is 35.3. The van der Waals surface area contributed by atoms with Crippen molar-refractivity contribution >= 4 is 34.6 Å². The summed E-state index contributed by atoms with van der Waals surface area (Å²) in [5.41, 5.74) is 8.00. The minimum Gasteiger partial charge on any atom is -0.508 e. The molecular weight excluding hydrogens is 530 g/mol. The van der Waals surface area contributed by atoms with Crippen LogP contribution < -0.4 is 16.4 Å². The van der Waals surface area contributed by atoms with E-state index in [-0.39, 0.29) is 25.1 Å². The monoisotopic (exact) mass is 565 g/mol. The molecule has 0 aliphatic carbocycles. The molecule has 218 valence electrons. The summed E-state index contributed by atoms with van der Waals surface area (Å²) in [6, 6.07) is 9.00. The molecular formula is C29H35N5O7. The van der Waals surface area contributed by atoms with Gasteiger partial charge < -0.3 is 41.6 Å². The standard InChI is InChI=1S/C29H35N5O7/c1-16(35)25(30)27(38)32-22(13-17-8-10-19(36)11-9-17)28(39)34-12-4-7-24(34)26(37)33-23(29(40)41)14-18-15-31-21-6-3-2-5-20(18)21/h2-3,5-6,8-11,15-16,22-25,31,35-36H,4,7,12-14,30H2,1H3,(H,32,38)(H,33,37)(H,40,41). The summed E-state index contributed by atoms with van der Waals surface area (Å²) >= 11 is 0. The van der Waals surface area contributed by atoms with E-state index in [9.17, 15) is 34.5 Å². The van der Waals surface area contributed by atoms with E-state index in [4.69, 9.17) is 5.73 Å². The van der Waals surface area contributed by atoms with Gasteiger partial charge in [0.25, 0.3) is 0 Å². The van der Waals surface area contributed by atoms with Gasteiger partial charge in [0, 0.05) is 36.5 Å². The Morgan fingerprint density at radius 2 is 1.76 bits per heavy atom. The number of phenolic OH excluding ortho intramolecular Hbond substituents is 1. The Labute approximate surface area is 236 Å². The second-order valence-electron chi connectivity index (χ2n) is 10.4. The van der Waals surface area contributed by atoms with Gasteiger partial charge in [-0.05, 0) is 49.1 Å². The fourth-order valence-electron chi connectivity index (χ4n) is 5.05. The molecule has 1 saturated heterocycles. The van der Waals surface area contributed by atoms with Gasteiger partial charge in [0.2, 0.25) is 17.7 Å². The third kappa shape index (κ3) is 7.02. The van der Waals surface area contributed by atoms with Crippen LogP contribution in [-0.2, 0) is 32.0 Å². The number of fused-ring (bicyclic) bond motifs is 1. The highest BCUT2D eigenvalue weighted by Gasteiger charge is 2.39. The smallest absolute Gasteiger partial charge is 0.326 e. The Balaban J connectivity index is 1.51. The number of aromatic amines is 1. The molecule has 12 nitrogen and oxygen atoms in total. The third-order valence-electron chi connectivity index (χ3n) is 7.37. The molecule has 0 bridgehead atoms. The maximum Gasteiger partial charge on any atom is 0.326 e. The molecule has 41 heavy (non-hydrogen) atoms. The molecule has 5 atom stereocenters. The van der Waals surface area contributed by atoms with Crippen LogP contribution >= 0.6 is 0 Å². The Bertz CT molecular complexity index is 1400. The van der Waals surface area contributed by atoms with E-state index in [0.717, 1.165) is 16.5 Å². The number of benzene rings is 2. The Morgan fingerprint density at radius 1 is 1.05 bits per heavy atom. The van der Waals surface area contributed by atoms with Gasteiger partial charge in [-0.3, -0.25) is 14.4 Å². The molecule has 0 saturated carbocycles. The van der Waals surface area contributed by atoms with Gasteiger partial charge in [0.05, 0.1) is 6.10 Å². The van der Waals surface area contributed by atoms with Crippen molar-refractivity contribution < 1.29 is 34.5 Å². The van der Waals surface area contributed by atoms with Gasteiger partial charge in [-0.1, -0.05) is 30.3 Å². The predicted octanol–water partition coefficient (Wildman–Crippen LogP) is 0.412. The number of phenols is 1. The van der Waals surface area contributed by atoms with Crippen LogP contribution in [0.2, 0.25) is 0 Å². The lowest BCUT2D eigenvalue weighted by Crippen LogP contribution is -2.58. The average Bonchev–Trinajstić information content (AvgIpc) is 3.60. The van der Waals surface area contributed by atoms with Crippen LogP contribution in [0.4, 0.5) is 0 Å². The number of carbonyl (C=O) groups is 4. The van der Waals surface area contributed by atoms with Crippen LogP contribution in [0.25, 0.3) is 10.9 Å². The number of para-hydroxylation sites is 1. The number of carboxylic acid groups (broad SMARTS) is 1. The molecule has 1 aromatic heterocycles. The predicted molar refractivity (Wildman–Crippen MR) is 150 cm³/mol. The molecule has 0 spiro atoms. The largest absolute Gasteiger partial charge is 0.508 e. The minimum absolute atomic E-state index is 0.0358. The van der Waals surface area contributed by atoms with Crippen LogP contribution in [0, 0.1) is 0 Å². The Hall–Kier alpha value is -4.42. The third-order valence-corrected chi connectivity index (χ3v) is 7.37. The number of hydrogen-bond acceptors (Lipinski definition) is 7. The number of nitrogens with one attached hydrogen (secondary N) is 3. The first kappa shape index (κ1) is 29.6. The van der Waals surface area contributed by atoms with E-state index in [1.54, 1.807) is 18.3 Å². The maximum absolute atomic E-state index is 13.7. The molecule has 8 N–H and O–H groups in total. The molecule has 5 unspecified atom stereocenters. The lowest BCUT2D eigenvalue weighted by molar-refractivity contribution is -0.145. The number of rotatable bonds is 11. The van der Waals surface area contributed by atoms with E-state index in [2.05, 4.69) is 15.6 Å². The molecule has 2 aromatic carbocycles. The summed E-state index contributed by atoms with van der Waals surface area (Å²) < 4.78 is 0. The number of carboxylic acids is 1. The fraction of sp³-hybridized carbons (Fsp3) is 0.379. The van der Waals surface area contributed by atoms with E-state index >= 15 is 0 Å². The zero-order valence-electron chi connectivity index (χ0n) is 22.6. The highest BCUT2D eigenvalue weighted by Crippen LogP contribution is 2.22. The molecule has 12 heteroatoms. The van der Waals surface area contributed by atoms with Crippen molar-refractivity contribution in [3.8, 4) is 5.75 Å². The number of aliphatic hydroxyl groups excluding tert-OH is 1. The van der Waals surface area contributed by atoms with E-state index in [1.807, 2.05) is 24.3 Å². The number of aliphatic carboxylic acids is 1. The van der Waals surface area contributed by atoms with Crippen molar-refractivity contribution in [2.24, 2.45) is 5.73 Å². The Morgan fingerprint density at radius 3 is 2.44 bits per heavy atom. The van der Waals surface area contributed by atoms with Gasteiger partial charge in [-0.15, -0.1) is 0 Å². The van der Waals surface area contributed by atoms with E-state index in [0.29, 0.717) is 18.4 Å². The lowest BCUT2D eigenvalue weighted by atomic mass is 10.0. The number of aromatic hydroxyl groups is 1. The number of H-pyrrole nitrogens is 1. The molecule has 4 rings (SSSR count). The maximum atomic E-state index is 13.7. The number of nitrogens with zero attached hydrogens (tertiary/aromatic N) is 1. The van der Waals surface area contributed by atoms with Crippen molar-refractivity contribution in [3.05, 3.63) is 65.9 Å². The first-order chi connectivity index (χ1) is 19.5. The van der Waals surface area contributed by atoms with Crippen molar-refractivity contribution in [2.45, 2.75) is 62.9 Å². The van der Waals surface area contributed by atoms with Crippen molar-refractivity contribution in [1.29, 1.82) is 0 Å². The first-order valence-electron chi connectivity index (χ1n) is 13.5. The van der Waals surface area contributed by atoms with Gasteiger partial charge >= 0.3 is 5.97 Å². The van der Waals surface area contributed by atoms with Gasteiger partial charge in [0.1, 0.15) is 29.9 Å². The molecule has 3 aromatic rings. The number of hydrogen-bond donors (Lipinski definition) is 7. The lowest BCUT2D eigenvalue weighted by Gasteiger charge is -2.30. The zero-order valence-corrected chi connectivity index (χ0v) is 22.6. The molecule has 2 heterocycles. The van der Waals surface area contributed by atoms with Crippen LogP contribution in [0.1, 0.15) is 30.9 Å². The van der Waals surface area contributed by atoms with Crippen LogP contribution in [0.3, 0.4) is 0 Å². The second kappa shape index (κ2) is 12.8. The number of nitrogens with two attached hydrogens (primary N) is 1. The second-order valence-corrected chi connectivity index (χ2v) is 10.4. The zero-order chi connectivity index (χ0) is 29.7. The van der Waals surface area contributed by atoms with Gasteiger partial charge in [-0.25, -0.2) is 4.79 Å². The number of aromatic nitrogens is 1. The molecule has 1 aliphatic rings. The van der Waals surface area contributed by atoms with Crippen molar-refractivity contribution in [1.82, 2.24) is 20.5 Å². The first-order valence-corrected chi connectivity index (χ1v) is 13.5. The summed E-state index contributed by atoms with van der Waals surface area (Å²) in [6.45, 7) is 1.60. The van der Waals surface area contributed by atoms with Crippen LogP contribution in [-0.4, -0.2) is 85.7 Å². The minimum atomic E-state index is -1.27. The van der Waals surface area contributed by atoms with Crippen LogP contribution in [0.15, 0.2) is 54.7 Å². The highest BCUT2D eigenvalue weighted by molar-refractivity contribution is 5.95. The van der Waals surface area contributed by atoms with Crippen molar-refractivity contribution in [2.75, 3.05) is 6.54 Å². The number of likely N-dealkylation sites (tertiary alicyclic amines) is 1. The number of carbonyl (C=O) groups excluding carboxylic acids is 3. The van der Waals surface area contributed by atoms with Crippen molar-refractivity contribution in [3.63, 3.8) is 0 Å². The summed E-state index contributed by atoms with van der Waals surface area (Å²) in [7, 11) is 0. The molecule has 1 fully saturated rings. The summed E-state index contributed by atoms with van der Waals surface area (Å²) in [4.78, 5) is 56.3. The van der Waals surface area contributed by atoms with Gasteiger partial charge in [-0.2, -0.15) is 0 Å². The van der Waals surface area contributed by atoms with E-state index < -0.39 is 54.0 Å². The number of aliphatic hydroxyl groups is 1.